The molecule has 11 heteroatoms. The summed E-state index contributed by atoms with van der Waals surface area (Å²) in [7, 11) is 1.86. The topological polar surface area (TPSA) is 130 Å². The van der Waals surface area contributed by atoms with Crippen LogP contribution in [0.2, 0.25) is 0 Å². The summed E-state index contributed by atoms with van der Waals surface area (Å²) in [4.78, 5) is 17.9. The second-order valence-corrected chi connectivity index (χ2v) is 7.42. The van der Waals surface area contributed by atoms with E-state index in [2.05, 4.69) is 30.4 Å². The summed E-state index contributed by atoms with van der Waals surface area (Å²) < 4.78 is 8.94. The molecule has 0 unspecified atom stereocenters. The van der Waals surface area contributed by atoms with E-state index in [0.717, 1.165) is 16.7 Å². The van der Waals surface area contributed by atoms with Crippen LogP contribution in [0.15, 0.2) is 55.2 Å². The third-order valence-corrected chi connectivity index (χ3v) is 4.94. The van der Waals surface area contributed by atoms with E-state index in [4.69, 9.17) is 14.8 Å². The quantitative estimate of drug-likeness (QED) is 0.357. The average molecular weight is 443 g/mol. The van der Waals surface area contributed by atoms with Crippen LogP contribution in [0.4, 0.5) is 0 Å². The molecule has 1 N–H and O–H groups in total. The summed E-state index contributed by atoms with van der Waals surface area (Å²) in [5.41, 5.74) is 4.55. The molecule has 4 aromatic heterocycles. The van der Waals surface area contributed by atoms with E-state index in [0.29, 0.717) is 48.1 Å². The third kappa shape index (κ3) is 4.53. The predicted molar refractivity (Wildman–Crippen MR) is 119 cm³/mol. The van der Waals surface area contributed by atoms with E-state index in [1.165, 1.54) is 0 Å². The van der Waals surface area contributed by atoms with Crippen molar-refractivity contribution >= 4 is 11.3 Å². The maximum atomic E-state index is 8.85. The zero-order valence-electron chi connectivity index (χ0n) is 17.9. The van der Waals surface area contributed by atoms with Crippen LogP contribution in [0.5, 0.6) is 5.75 Å². The molecule has 166 valence electrons. The van der Waals surface area contributed by atoms with E-state index < -0.39 is 0 Å². The normalized spacial score (nSPS) is 11.2. The van der Waals surface area contributed by atoms with Crippen LogP contribution < -0.4 is 4.74 Å². The van der Waals surface area contributed by atoms with Crippen molar-refractivity contribution in [1.29, 1.82) is 0 Å². The molecule has 0 atom stereocenters. The molecular formula is C22H21N9O2. The van der Waals surface area contributed by atoms with Crippen LogP contribution in [0.25, 0.3) is 33.9 Å². The van der Waals surface area contributed by atoms with Gasteiger partial charge in [0, 0.05) is 37.4 Å². The maximum absolute atomic E-state index is 8.85. The van der Waals surface area contributed by atoms with Crippen molar-refractivity contribution in [2.75, 3.05) is 13.2 Å². The highest BCUT2D eigenvalue weighted by Crippen LogP contribution is 2.21. The van der Waals surface area contributed by atoms with Gasteiger partial charge < -0.3 is 9.84 Å². The van der Waals surface area contributed by atoms with Gasteiger partial charge in [0.2, 0.25) is 5.65 Å². The number of ether oxygens (including phenoxy) is 1. The highest BCUT2D eigenvalue weighted by molar-refractivity contribution is 5.69. The fourth-order valence-corrected chi connectivity index (χ4v) is 3.33. The van der Waals surface area contributed by atoms with Gasteiger partial charge in [0.05, 0.1) is 43.6 Å². The lowest BCUT2D eigenvalue weighted by atomic mass is 10.1. The standard InChI is InChI=1S/C22H21N9O2/c1-30-14-17(9-26-30)19-12-25-21-22(27-19)31(29-28-21)13-15-4-2-5-16(8-15)20-23-10-18(11-24-20)33-7-3-6-32/h2,4-5,8-12,14,32H,3,6-7,13H2,1H3. The molecule has 0 saturated carbocycles. The molecule has 0 fully saturated rings. The number of aromatic nitrogens is 9. The first-order chi connectivity index (χ1) is 16.2. The number of aliphatic hydroxyl groups excluding tert-OH is 1. The van der Waals surface area contributed by atoms with Crippen LogP contribution in [0.1, 0.15) is 12.0 Å². The zero-order chi connectivity index (χ0) is 22.6. The van der Waals surface area contributed by atoms with Crippen LogP contribution >= 0.6 is 0 Å². The van der Waals surface area contributed by atoms with E-state index in [9.17, 15) is 0 Å². The Morgan fingerprint density at radius 1 is 1.03 bits per heavy atom. The molecular weight excluding hydrogens is 422 g/mol. The summed E-state index contributed by atoms with van der Waals surface area (Å²) in [6.07, 6.45) is 9.13. The number of rotatable bonds is 8. The summed E-state index contributed by atoms with van der Waals surface area (Å²) in [5, 5.41) is 21.4. The van der Waals surface area contributed by atoms with Crippen molar-refractivity contribution in [1.82, 2.24) is 44.7 Å². The highest BCUT2D eigenvalue weighted by atomic mass is 16.5. The number of aliphatic hydroxyl groups is 1. The molecule has 33 heavy (non-hydrogen) atoms. The van der Waals surface area contributed by atoms with Gasteiger partial charge in [-0.1, -0.05) is 23.4 Å². The SMILES string of the molecule is Cn1cc(-c2cnc3nnn(Cc4cccc(-c5ncc(OCCCO)cn5)c4)c3n2)cn1. The monoisotopic (exact) mass is 443 g/mol. The summed E-state index contributed by atoms with van der Waals surface area (Å²) in [6.45, 7) is 0.979. The summed E-state index contributed by atoms with van der Waals surface area (Å²) in [6, 6.07) is 7.91. The fraction of sp³-hybridized carbons (Fsp3) is 0.227. The van der Waals surface area contributed by atoms with Crippen molar-refractivity contribution in [2.24, 2.45) is 7.05 Å². The Balaban J connectivity index is 1.37. The van der Waals surface area contributed by atoms with Gasteiger partial charge >= 0.3 is 0 Å². The molecule has 0 saturated heterocycles. The Labute approximate surface area is 188 Å². The Morgan fingerprint density at radius 3 is 2.70 bits per heavy atom. The summed E-state index contributed by atoms with van der Waals surface area (Å²) in [5.74, 6) is 1.16. The Kier molecular flexibility index (Phi) is 5.68. The lowest BCUT2D eigenvalue weighted by molar-refractivity contribution is 0.233. The van der Waals surface area contributed by atoms with E-state index >= 15 is 0 Å². The van der Waals surface area contributed by atoms with Crippen molar-refractivity contribution in [2.45, 2.75) is 13.0 Å². The van der Waals surface area contributed by atoms with Crippen molar-refractivity contribution in [3.05, 3.63) is 60.8 Å². The first-order valence-corrected chi connectivity index (χ1v) is 10.4. The molecule has 0 spiro atoms. The molecule has 4 heterocycles. The number of aryl methyl sites for hydroxylation is 1. The minimum Gasteiger partial charge on any atom is -0.490 e. The smallest absolute Gasteiger partial charge is 0.221 e. The van der Waals surface area contributed by atoms with Gasteiger partial charge in [0.1, 0.15) is 0 Å². The average Bonchev–Trinajstić information content (AvgIpc) is 3.46. The fourth-order valence-electron chi connectivity index (χ4n) is 3.33. The molecule has 0 aliphatic carbocycles. The van der Waals surface area contributed by atoms with Crippen LogP contribution in [-0.2, 0) is 13.6 Å². The number of benzene rings is 1. The van der Waals surface area contributed by atoms with Crippen LogP contribution in [-0.4, -0.2) is 63.0 Å². The second-order valence-electron chi connectivity index (χ2n) is 7.42. The van der Waals surface area contributed by atoms with E-state index in [1.54, 1.807) is 34.2 Å². The van der Waals surface area contributed by atoms with Gasteiger partial charge in [-0.15, -0.1) is 5.10 Å². The highest BCUT2D eigenvalue weighted by Gasteiger charge is 2.12. The van der Waals surface area contributed by atoms with Gasteiger partial charge in [-0.05, 0) is 11.6 Å². The largest absolute Gasteiger partial charge is 0.490 e. The molecule has 11 nitrogen and oxygen atoms in total. The first kappa shape index (κ1) is 20.6. The van der Waals surface area contributed by atoms with E-state index in [-0.39, 0.29) is 6.61 Å². The molecule has 0 aliphatic rings. The Hall–Kier alpha value is -4.25. The predicted octanol–water partition coefficient (Wildman–Crippen LogP) is 1.89. The minimum absolute atomic E-state index is 0.0865. The van der Waals surface area contributed by atoms with Gasteiger partial charge in [-0.25, -0.2) is 24.6 Å². The lowest BCUT2D eigenvalue weighted by Crippen LogP contribution is -2.04. The molecule has 1 aromatic carbocycles. The molecule has 0 amide bonds. The van der Waals surface area contributed by atoms with Gasteiger partial charge in [-0.3, -0.25) is 4.68 Å². The van der Waals surface area contributed by atoms with Crippen LogP contribution in [0, 0.1) is 0 Å². The van der Waals surface area contributed by atoms with Crippen molar-refractivity contribution in [3.8, 4) is 28.4 Å². The molecule has 0 radical (unpaired) electrons. The Morgan fingerprint density at radius 2 is 1.91 bits per heavy atom. The lowest BCUT2D eigenvalue weighted by Gasteiger charge is -2.07. The number of hydrogen-bond acceptors (Lipinski definition) is 9. The second kappa shape index (κ2) is 9.09. The zero-order valence-corrected chi connectivity index (χ0v) is 17.9. The Bertz CT molecular complexity index is 1380. The number of nitrogens with zero attached hydrogens (tertiary/aromatic N) is 9. The van der Waals surface area contributed by atoms with Gasteiger partial charge in [0.25, 0.3) is 0 Å². The first-order valence-electron chi connectivity index (χ1n) is 10.4. The maximum Gasteiger partial charge on any atom is 0.221 e. The summed E-state index contributed by atoms with van der Waals surface area (Å²) >= 11 is 0. The van der Waals surface area contributed by atoms with Crippen molar-refractivity contribution in [3.63, 3.8) is 0 Å². The molecule has 5 aromatic rings. The third-order valence-electron chi connectivity index (χ3n) is 4.94. The molecule has 5 rings (SSSR count). The van der Waals surface area contributed by atoms with Gasteiger partial charge in [-0.2, -0.15) is 5.10 Å². The minimum atomic E-state index is 0.0865. The van der Waals surface area contributed by atoms with E-state index in [1.807, 2.05) is 37.5 Å². The molecule has 0 aliphatic heterocycles. The van der Waals surface area contributed by atoms with Crippen LogP contribution in [0.3, 0.4) is 0 Å². The van der Waals surface area contributed by atoms with Crippen molar-refractivity contribution < 1.29 is 9.84 Å². The number of fused-ring (bicyclic) bond motifs is 1. The van der Waals surface area contributed by atoms with Gasteiger partial charge in [0.15, 0.2) is 17.2 Å². The molecule has 0 bridgehead atoms. The number of hydrogen-bond donors (Lipinski definition) is 1.